The fourth-order valence-electron chi connectivity index (χ4n) is 2.20. The number of hydrogen-bond donors (Lipinski definition) is 1. The predicted molar refractivity (Wildman–Crippen MR) is 84.1 cm³/mol. The molecule has 22 heavy (non-hydrogen) atoms. The van der Waals surface area contributed by atoms with E-state index in [1.807, 2.05) is 38.1 Å². The zero-order valence-electron chi connectivity index (χ0n) is 12.6. The molecule has 0 spiro atoms. The molecule has 1 aliphatic heterocycles. The van der Waals surface area contributed by atoms with Crippen LogP contribution in [-0.2, 0) is 4.79 Å². The predicted octanol–water partition coefficient (Wildman–Crippen LogP) is 3.11. The number of aromatic nitrogens is 1. The smallest absolute Gasteiger partial charge is 0.226 e. The first-order valence-electron chi connectivity index (χ1n) is 7.31. The van der Waals surface area contributed by atoms with Gasteiger partial charge in [-0.25, -0.2) is 0 Å². The molecule has 0 fully saturated rings. The van der Waals surface area contributed by atoms with Crippen molar-refractivity contribution in [2.24, 2.45) is 5.92 Å². The maximum absolute atomic E-state index is 11.9. The van der Waals surface area contributed by atoms with E-state index in [2.05, 4.69) is 10.3 Å². The number of fused-ring (bicyclic) bond motifs is 1. The molecule has 5 nitrogen and oxygen atoms in total. The van der Waals surface area contributed by atoms with E-state index in [1.54, 1.807) is 12.3 Å². The molecule has 1 aromatic carbocycles. The topological polar surface area (TPSA) is 60.5 Å². The van der Waals surface area contributed by atoms with Gasteiger partial charge in [0.25, 0.3) is 0 Å². The molecule has 1 aromatic heterocycles. The van der Waals surface area contributed by atoms with Crippen LogP contribution in [0.5, 0.6) is 11.5 Å². The SMILES string of the molecule is CC(C)C(=O)Nc1cccnc1-c1ccc2c(c1)OCCO2. The van der Waals surface area contributed by atoms with E-state index in [-0.39, 0.29) is 11.8 Å². The van der Waals surface area contributed by atoms with E-state index in [9.17, 15) is 4.79 Å². The summed E-state index contributed by atoms with van der Waals surface area (Å²) in [5.74, 6) is 1.31. The van der Waals surface area contributed by atoms with Gasteiger partial charge in [-0.2, -0.15) is 0 Å². The van der Waals surface area contributed by atoms with Gasteiger partial charge in [0.2, 0.25) is 5.91 Å². The van der Waals surface area contributed by atoms with Crippen molar-refractivity contribution >= 4 is 11.6 Å². The molecule has 0 atom stereocenters. The highest BCUT2D eigenvalue weighted by Crippen LogP contribution is 2.36. The van der Waals surface area contributed by atoms with E-state index in [0.717, 1.165) is 11.3 Å². The van der Waals surface area contributed by atoms with Crippen LogP contribution in [0.1, 0.15) is 13.8 Å². The van der Waals surface area contributed by atoms with E-state index < -0.39 is 0 Å². The van der Waals surface area contributed by atoms with Gasteiger partial charge in [-0.15, -0.1) is 0 Å². The Morgan fingerprint density at radius 3 is 2.73 bits per heavy atom. The summed E-state index contributed by atoms with van der Waals surface area (Å²) < 4.78 is 11.1. The Morgan fingerprint density at radius 2 is 1.95 bits per heavy atom. The number of carbonyl (C=O) groups is 1. The van der Waals surface area contributed by atoms with Crippen molar-refractivity contribution in [1.82, 2.24) is 4.98 Å². The Morgan fingerprint density at radius 1 is 1.18 bits per heavy atom. The summed E-state index contributed by atoms with van der Waals surface area (Å²) in [6.45, 7) is 4.81. The Hall–Kier alpha value is -2.56. The third-order valence-corrected chi connectivity index (χ3v) is 3.41. The van der Waals surface area contributed by atoms with Gasteiger partial charge >= 0.3 is 0 Å². The molecule has 1 amide bonds. The maximum Gasteiger partial charge on any atom is 0.226 e. The number of nitrogens with zero attached hydrogens (tertiary/aromatic N) is 1. The van der Waals surface area contributed by atoms with Crippen LogP contribution in [0.15, 0.2) is 36.5 Å². The van der Waals surface area contributed by atoms with Gasteiger partial charge in [-0.1, -0.05) is 13.8 Å². The zero-order chi connectivity index (χ0) is 15.5. The minimum absolute atomic E-state index is 0.0354. The lowest BCUT2D eigenvalue weighted by Crippen LogP contribution is -2.18. The van der Waals surface area contributed by atoms with Crippen LogP contribution in [0.25, 0.3) is 11.3 Å². The van der Waals surface area contributed by atoms with Gasteiger partial charge in [-0.3, -0.25) is 9.78 Å². The minimum atomic E-state index is -0.0895. The molecule has 0 bridgehead atoms. The van der Waals surface area contributed by atoms with Crippen molar-refractivity contribution in [2.45, 2.75) is 13.8 Å². The summed E-state index contributed by atoms with van der Waals surface area (Å²) in [6, 6.07) is 9.33. The Kier molecular flexibility index (Phi) is 3.96. The Labute approximate surface area is 129 Å². The number of pyridine rings is 1. The van der Waals surface area contributed by atoms with Crippen LogP contribution < -0.4 is 14.8 Å². The van der Waals surface area contributed by atoms with Crippen molar-refractivity contribution < 1.29 is 14.3 Å². The van der Waals surface area contributed by atoms with Gasteiger partial charge in [0.1, 0.15) is 13.2 Å². The number of carbonyl (C=O) groups excluding carboxylic acids is 1. The average molecular weight is 298 g/mol. The fourth-order valence-corrected chi connectivity index (χ4v) is 2.20. The number of rotatable bonds is 3. The molecule has 3 rings (SSSR count). The van der Waals surface area contributed by atoms with Crippen LogP contribution in [0.3, 0.4) is 0 Å². The van der Waals surface area contributed by atoms with E-state index in [0.29, 0.717) is 30.3 Å². The first-order valence-corrected chi connectivity index (χ1v) is 7.31. The molecule has 2 heterocycles. The molecule has 5 heteroatoms. The second-order valence-corrected chi connectivity index (χ2v) is 5.40. The third kappa shape index (κ3) is 2.88. The van der Waals surface area contributed by atoms with Crippen molar-refractivity contribution in [3.63, 3.8) is 0 Å². The van der Waals surface area contributed by atoms with Crippen LogP contribution in [0, 0.1) is 5.92 Å². The van der Waals surface area contributed by atoms with Gasteiger partial charge in [-0.05, 0) is 30.3 Å². The van der Waals surface area contributed by atoms with Crippen molar-refractivity contribution in [3.05, 3.63) is 36.5 Å². The lowest BCUT2D eigenvalue weighted by Gasteiger charge is -2.19. The largest absolute Gasteiger partial charge is 0.486 e. The molecule has 0 saturated carbocycles. The number of amides is 1. The molecule has 0 radical (unpaired) electrons. The van der Waals surface area contributed by atoms with Gasteiger partial charge < -0.3 is 14.8 Å². The van der Waals surface area contributed by atoms with Gasteiger partial charge in [0.05, 0.1) is 11.4 Å². The van der Waals surface area contributed by atoms with Crippen LogP contribution >= 0.6 is 0 Å². The average Bonchev–Trinajstić information content (AvgIpc) is 2.55. The molecule has 0 saturated heterocycles. The van der Waals surface area contributed by atoms with E-state index >= 15 is 0 Å². The van der Waals surface area contributed by atoms with Crippen molar-refractivity contribution in [2.75, 3.05) is 18.5 Å². The number of ether oxygens (including phenoxy) is 2. The summed E-state index contributed by atoms with van der Waals surface area (Å²) in [5.41, 5.74) is 2.29. The highest BCUT2D eigenvalue weighted by atomic mass is 16.6. The molecule has 0 unspecified atom stereocenters. The van der Waals surface area contributed by atoms with Crippen LogP contribution in [0.2, 0.25) is 0 Å². The second-order valence-electron chi connectivity index (χ2n) is 5.40. The third-order valence-electron chi connectivity index (χ3n) is 3.41. The summed E-state index contributed by atoms with van der Waals surface area (Å²) in [4.78, 5) is 16.3. The fraction of sp³-hybridized carbons (Fsp3) is 0.294. The summed E-state index contributed by atoms with van der Waals surface area (Å²) in [7, 11) is 0. The molecule has 1 aliphatic rings. The lowest BCUT2D eigenvalue weighted by molar-refractivity contribution is -0.118. The second kappa shape index (κ2) is 6.05. The zero-order valence-corrected chi connectivity index (χ0v) is 12.6. The monoisotopic (exact) mass is 298 g/mol. The van der Waals surface area contributed by atoms with Crippen LogP contribution in [0.4, 0.5) is 5.69 Å². The van der Waals surface area contributed by atoms with Crippen LogP contribution in [-0.4, -0.2) is 24.1 Å². The quantitative estimate of drug-likeness (QED) is 0.946. The number of anilines is 1. The Balaban J connectivity index is 1.96. The molecule has 0 aliphatic carbocycles. The number of nitrogens with one attached hydrogen (secondary N) is 1. The minimum Gasteiger partial charge on any atom is -0.486 e. The first kappa shape index (κ1) is 14.4. The highest BCUT2D eigenvalue weighted by Gasteiger charge is 2.16. The summed E-state index contributed by atoms with van der Waals surface area (Å²) in [6.07, 6.45) is 1.71. The van der Waals surface area contributed by atoms with Crippen molar-refractivity contribution in [1.29, 1.82) is 0 Å². The number of benzene rings is 1. The lowest BCUT2D eigenvalue weighted by atomic mass is 10.1. The van der Waals surface area contributed by atoms with Gasteiger partial charge in [0, 0.05) is 17.7 Å². The van der Waals surface area contributed by atoms with E-state index in [4.69, 9.17) is 9.47 Å². The number of hydrogen-bond acceptors (Lipinski definition) is 4. The highest BCUT2D eigenvalue weighted by molar-refractivity contribution is 5.95. The molecule has 1 N–H and O–H groups in total. The van der Waals surface area contributed by atoms with Crippen molar-refractivity contribution in [3.8, 4) is 22.8 Å². The first-order chi connectivity index (χ1) is 10.6. The summed E-state index contributed by atoms with van der Waals surface area (Å²) >= 11 is 0. The van der Waals surface area contributed by atoms with Gasteiger partial charge in [0.15, 0.2) is 11.5 Å². The molecular formula is C17H18N2O3. The summed E-state index contributed by atoms with van der Waals surface area (Å²) in [5, 5.41) is 2.92. The maximum atomic E-state index is 11.9. The van der Waals surface area contributed by atoms with E-state index in [1.165, 1.54) is 0 Å². The molecule has 114 valence electrons. The molecule has 2 aromatic rings. The Bertz CT molecular complexity index is 698. The normalized spacial score (nSPS) is 13.0. The standard InChI is InChI=1S/C17H18N2O3/c1-11(2)17(20)19-13-4-3-7-18-16(13)12-5-6-14-15(10-12)22-9-8-21-14/h3-7,10-11H,8-9H2,1-2H3,(H,19,20). The molecular weight excluding hydrogens is 280 g/mol.